The molecule has 94 valence electrons. The Labute approximate surface area is 113 Å². The summed E-state index contributed by atoms with van der Waals surface area (Å²) in [7, 11) is 0. The minimum Gasteiger partial charge on any atom is -0.478 e. The summed E-state index contributed by atoms with van der Waals surface area (Å²) in [5.41, 5.74) is 1.77. The Kier molecular flexibility index (Phi) is 5.24. The number of hydrogen-bond donors (Lipinski definition) is 3. The number of aromatic carboxylic acids is 1. The first-order valence-electron chi connectivity index (χ1n) is 4.97. The van der Waals surface area contributed by atoms with E-state index in [1.807, 2.05) is 0 Å². The van der Waals surface area contributed by atoms with E-state index in [1.54, 1.807) is 13.0 Å². The third-order valence-electron chi connectivity index (χ3n) is 2.23. The number of carboxylic acids is 1. The van der Waals surface area contributed by atoms with Crippen LogP contribution in [0.15, 0.2) is 16.6 Å². The standard InChI is InChI=1S/C11H13BrClNO3/c1-6-2-7(11(16)17)3-9(12)10(6)14-5-8(15)4-13/h2-3,8,14-15H,4-5H2,1H3,(H,16,17). The van der Waals surface area contributed by atoms with Gasteiger partial charge in [0.05, 0.1) is 23.2 Å². The Morgan fingerprint density at radius 1 is 1.59 bits per heavy atom. The van der Waals surface area contributed by atoms with Crippen LogP contribution < -0.4 is 5.32 Å². The van der Waals surface area contributed by atoms with Gasteiger partial charge >= 0.3 is 5.97 Å². The van der Waals surface area contributed by atoms with Gasteiger partial charge in [-0.2, -0.15) is 0 Å². The molecule has 1 atom stereocenters. The Bertz CT molecular complexity index is 402. The molecular formula is C11H13BrClNO3. The zero-order valence-corrected chi connectivity index (χ0v) is 11.5. The van der Waals surface area contributed by atoms with Crippen LogP contribution in [0.25, 0.3) is 0 Å². The summed E-state index contributed by atoms with van der Waals surface area (Å²) >= 11 is 8.78. The number of aliphatic hydroxyl groups is 1. The van der Waals surface area contributed by atoms with Crippen LogP contribution >= 0.6 is 27.5 Å². The highest BCUT2D eigenvalue weighted by molar-refractivity contribution is 9.10. The summed E-state index contributed by atoms with van der Waals surface area (Å²) < 4.78 is 0.650. The van der Waals surface area contributed by atoms with Crippen molar-refractivity contribution in [3.05, 3.63) is 27.7 Å². The molecule has 0 aliphatic heterocycles. The van der Waals surface area contributed by atoms with Gasteiger partial charge < -0.3 is 15.5 Å². The lowest BCUT2D eigenvalue weighted by atomic mass is 10.1. The van der Waals surface area contributed by atoms with Gasteiger partial charge in [0.25, 0.3) is 0 Å². The van der Waals surface area contributed by atoms with Crippen molar-refractivity contribution in [1.82, 2.24) is 0 Å². The molecule has 0 fully saturated rings. The number of alkyl halides is 1. The van der Waals surface area contributed by atoms with Gasteiger partial charge in [-0.1, -0.05) is 0 Å². The molecule has 17 heavy (non-hydrogen) atoms. The van der Waals surface area contributed by atoms with Gasteiger partial charge in [0.2, 0.25) is 0 Å². The van der Waals surface area contributed by atoms with E-state index in [2.05, 4.69) is 21.2 Å². The number of carbonyl (C=O) groups is 1. The third-order valence-corrected chi connectivity index (χ3v) is 3.21. The first-order valence-corrected chi connectivity index (χ1v) is 6.29. The van der Waals surface area contributed by atoms with Crippen LogP contribution in [0, 0.1) is 6.92 Å². The zero-order chi connectivity index (χ0) is 13.0. The normalized spacial score (nSPS) is 12.2. The van der Waals surface area contributed by atoms with E-state index < -0.39 is 12.1 Å². The number of halogens is 2. The van der Waals surface area contributed by atoms with E-state index in [0.717, 1.165) is 11.3 Å². The summed E-state index contributed by atoms with van der Waals surface area (Å²) in [6.07, 6.45) is -0.637. The predicted octanol–water partition coefficient (Wildman–Crippen LogP) is 2.47. The molecule has 0 heterocycles. The van der Waals surface area contributed by atoms with Gasteiger partial charge in [0.15, 0.2) is 0 Å². The number of aryl methyl sites for hydroxylation is 1. The van der Waals surface area contributed by atoms with E-state index in [-0.39, 0.29) is 11.4 Å². The van der Waals surface area contributed by atoms with Crippen molar-refractivity contribution in [2.75, 3.05) is 17.7 Å². The third kappa shape index (κ3) is 3.87. The Morgan fingerprint density at radius 2 is 2.24 bits per heavy atom. The van der Waals surface area contributed by atoms with Gasteiger partial charge in [-0.15, -0.1) is 11.6 Å². The Balaban J connectivity index is 2.90. The fourth-order valence-corrected chi connectivity index (χ4v) is 2.17. The van der Waals surface area contributed by atoms with Gasteiger partial charge in [-0.3, -0.25) is 0 Å². The van der Waals surface area contributed by atoms with Crippen molar-refractivity contribution < 1.29 is 15.0 Å². The smallest absolute Gasteiger partial charge is 0.335 e. The molecular weight excluding hydrogens is 309 g/mol. The molecule has 0 aromatic heterocycles. The number of aliphatic hydroxyl groups excluding tert-OH is 1. The van der Waals surface area contributed by atoms with Crippen molar-refractivity contribution in [3.8, 4) is 0 Å². The quantitative estimate of drug-likeness (QED) is 0.728. The van der Waals surface area contributed by atoms with E-state index in [0.29, 0.717) is 11.0 Å². The second-order valence-electron chi connectivity index (χ2n) is 3.64. The number of rotatable bonds is 5. The Morgan fingerprint density at radius 3 is 2.71 bits per heavy atom. The molecule has 0 bridgehead atoms. The molecule has 0 saturated carbocycles. The lowest BCUT2D eigenvalue weighted by molar-refractivity contribution is 0.0696. The molecule has 4 nitrogen and oxygen atoms in total. The summed E-state index contributed by atoms with van der Waals surface area (Å²) in [6.45, 7) is 2.11. The van der Waals surface area contributed by atoms with Crippen LogP contribution in [-0.2, 0) is 0 Å². The first kappa shape index (κ1) is 14.3. The lowest BCUT2D eigenvalue weighted by Gasteiger charge is -2.14. The Hall–Kier alpha value is -0.780. The molecule has 1 aromatic rings. The molecule has 1 unspecified atom stereocenters. The summed E-state index contributed by atoms with van der Waals surface area (Å²) in [4.78, 5) is 10.8. The van der Waals surface area contributed by atoms with Gasteiger partial charge in [0, 0.05) is 11.0 Å². The van der Waals surface area contributed by atoms with Crippen LogP contribution in [0.1, 0.15) is 15.9 Å². The monoisotopic (exact) mass is 321 g/mol. The van der Waals surface area contributed by atoms with Crippen LogP contribution in [-0.4, -0.2) is 34.7 Å². The molecule has 6 heteroatoms. The molecule has 0 aliphatic carbocycles. The average molecular weight is 323 g/mol. The van der Waals surface area contributed by atoms with Gasteiger partial charge in [-0.05, 0) is 40.5 Å². The number of carboxylic acid groups (broad SMARTS) is 1. The van der Waals surface area contributed by atoms with Crippen LogP contribution in [0.2, 0.25) is 0 Å². The highest BCUT2D eigenvalue weighted by Crippen LogP contribution is 2.28. The second-order valence-corrected chi connectivity index (χ2v) is 4.81. The SMILES string of the molecule is Cc1cc(C(=O)O)cc(Br)c1NCC(O)CCl. The lowest BCUT2D eigenvalue weighted by Crippen LogP contribution is -2.21. The van der Waals surface area contributed by atoms with E-state index in [9.17, 15) is 9.90 Å². The van der Waals surface area contributed by atoms with Crippen molar-refractivity contribution in [2.24, 2.45) is 0 Å². The number of hydrogen-bond acceptors (Lipinski definition) is 3. The maximum atomic E-state index is 10.8. The zero-order valence-electron chi connectivity index (χ0n) is 9.20. The highest BCUT2D eigenvalue weighted by atomic mass is 79.9. The van der Waals surface area contributed by atoms with E-state index >= 15 is 0 Å². The topological polar surface area (TPSA) is 69.6 Å². The van der Waals surface area contributed by atoms with E-state index in [1.165, 1.54) is 6.07 Å². The van der Waals surface area contributed by atoms with Crippen molar-refractivity contribution in [3.63, 3.8) is 0 Å². The van der Waals surface area contributed by atoms with Crippen molar-refractivity contribution in [2.45, 2.75) is 13.0 Å². The van der Waals surface area contributed by atoms with Crippen molar-refractivity contribution in [1.29, 1.82) is 0 Å². The molecule has 0 radical (unpaired) electrons. The van der Waals surface area contributed by atoms with Crippen molar-refractivity contribution >= 4 is 39.2 Å². The molecule has 0 saturated heterocycles. The summed E-state index contributed by atoms with van der Waals surface area (Å²) in [6, 6.07) is 3.09. The minimum atomic E-state index is -0.971. The maximum absolute atomic E-state index is 10.8. The molecule has 3 N–H and O–H groups in total. The van der Waals surface area contributed by atoms with Crippen LogP contribution in [0.4, 0.5) is 5.69 Å². The minimum absolute atomic E-state index is 0.150. The molecule has 1 aromatic carbocycles. The van der Waals surface area contributed by atoms with Crippen LogP contribution in [0.5, 0.6) is 0 Å². The fraction of sp³-hybridized carbons (Fsp3) is 0.364. The largest absolute Gasteiger partial charge is 0.478 e. The number of anilines is 1. The van der Waals surface area contributed by atoms with E-state index in [4.69, 9.17) is 16.7 Å². The molecule has 1 rings (SSSR count). The molecule has 0 amide bonds. The highest BCUT2D eigenvalue weighted by Gasteiger charge is 2.11. The number of nitrogens with one attached hydrogen (secondary N) is 1. The van der Waals surface area contributed by atoms with Crippen LogP contribution in [0.3, 0.4) is 0 Å². The average Bonchev–Trinajstić information content (AvgIpc) is 2.27. The fourth-order valence-electron chi connectivity index (χ4n) is 1.37. The van der Waals surface area contributed by atoms with Gasteiger partial charge in [-0.25, -0.2) is 4.79 Å². The molecule has 0 spiro atoms. The number of benzene rings is 1. The second kappa shape index (κ2) is 6.23. The predicted molar refractivity (Wildman–Crippen MR) is 71.1 cm³/mol. The van der Waals surface area contributed by atoms with Gasteiger partial charge in [0.1, 0.15) is 0 Å². The summed E-state index contributed by atoms with van der Waals surface area (Å²) in [5, 5.41) is 21.2. The maximum Gasteiger partial charge on any atom is 0.335 e. The summed E-state index contributed by atoms with van der Waals surface area (Å²) in [5.74, 6) is -0.821. The molecule has 0 aliphatic rings. The first-order chi connectivity index (χ1) is 7.95.